The van der Waals surface area contributed by atoms with Gasteiger partial charge in [0.25, 0.3) is 0 Å². The van der Waals surface area contributed by atoms with Crippen LogP contribution in [0.4, 0.5) is 0 Å². The first-order chi connectivity index (χ1) is 25.7. The van der Waals surface area contributed by atoms with Crippen molar-refractivity contribution in [3.63, 3.8) is 0 Å². The largest absolute Gasteiger partial charge is 0.256 e. The van der Waals surface area contributed by atoms with E-state index in [0.29, 0.717) is 17.5 Å². The summed E-state index contributed by atoms with van der Waals surface area (Å²) in [5.74, 6) is 1.79. The Bertz CT molecular complexity index is 2590. The van der Waals surface area contributed by atoms with Crippen LogP contribution in [0.15, 0.2) is 176 Å². The molecule has 3 aromatic heterocycles. The minimum atomic E-state index is 0.575. The summed E-state index contributed by atoms with van der Waals surface area (Å²) in [6.07, 6.45) is 3.87. The maximum atomic E-state index is 5.17. The fourth-order valence-electron chi connectivity index (χ4n) is 6.96. The van der Waals surface area contributed by atoms with E-state index in [2.05, 4.69) is 152 Å². The fourth-order valence-corrected chi connectivity index (χ4v) is 6.96. The Morgan fingerprint density at radius 3 is 1.04 bits per heavy atom. The average Bonchev–Trinajstić information content (AvgIpc) is 3.22. The molecule has 0 saturated heterocycles. The number of hydrogen-bond acceptors (Lipinski definition) is 5. The van der Waals surface area contributed by atoms with Crippen LogP contribution < -0.4 is 0 Å². The molecule has 10 rings (SSSR count). The van der Waals surface area contributed by atoms with Crippen molar-refractivity contribution in [1.82, 2.24) is 24.9 Å². The van der Waals surface area contributed by atoms with E-state index in [9.17, 15) is 0 Å². The highest BCUT2D eigenvalue weighted by Crippen LogP contribution is 2.34. The molecule has 242 valence electrons. The van der Waals surface area contributed by atoms with Gasteiger partial charge in [0.1, 0.15) is 0 Å². The molecule has 0 bridgehead atoms. The lowest BCUT2D eigenvalue weighted by atomic mass is 9.98. The van der Waals surface area contributed by atoms with Crippen molar-refractivity contribution >= 4 is 43.1 Å². The average molecular weight is 664 g/mol. The second-order valence-electron chi connectivity index (χ2n) is 13.1. The monoisotopic (exact) mass is 663 g/mol. The van der Waals surface area contributed by atoms with Crippen molar-refractivity contribution in [1.29, 1.82) is 0 Å². The number of rotatable bonds is 5. The number of pyridine rings is 2. The lowest BCUT2D eigenvalue weighted by Gasteiger charge is -2.13. The summed E-state index contributed by atoms with van der Waals surface area (Å²) < 4.78 is 0. The first-order valence-electron chi connectivity index (χ1n) is 17.3. The standard InChI is InChI=1S/C47H29N5/c1-3-11-32-21-36(19-17-30(32)9-1)45-50-46(37-20-18-31-10-2-4-12-33(31)22-37)52-47(51-45)42-24-40(43-26-34-13-5-7-15-38(34)28-48-43)23-41(25-42)44-27-35-14-6-8-16-39(35)29-49-44/h1-29H. The zero-order valence-corrected chi connectivity index (χ0v) is 28.0. The maximum absolute atomic E-state index is 5.17. The lowest BCUT2D eigenvalue weighted by Crippen LogP contribution is -2.01. The van der Waals surface area contributed by atoms with Gasteiger partial charge in [-0.3, -0.25) is 9.97 Å². The first kappa shape index (κ1) is 29.8. The molecule has 0 aliphatic heterocycles. The second kappa shape index (κ2) is 12.3. The summed E-state index contributed by atoms with van der Waals surface area (Å²) in [4.78, 5) is 25.3. The summed E-state index contributed by atoms with van der Waals surface area (Å²) >= 11 is 0. The number of fused-ring (bicyclic) bond motifs is 4. The van der Waals surface area contributed by atoms with Gasteiger partial charge in [-0.05, 0) is 74.8 Å². The third kappa shape index (κ3) is 5.51. The van der Waals surface area contributed by atoms with E-state index in [0.717, 1.165) is 71.5 Å². The van der Waals surface area contributed by atoms with Crippen molar-refractivity contribution in [3.05, 3.63) is 176 Å². The highest BCUT2D eigenvalue weighted by Gasteiger charge is 2.17. The summed E-state index contributed by atoms with van der Waals surface area (Å²) in [6.45, 7) is 0. The predicted octanol–water partition coefficient (Wildman–Crippen LogP) is 11.6. The molecule has 52 heavy (non-hydrogen) atoms. The SMILES string of the molecule is c1ccc2cc(-c3nc(-c4cc(-c5cc6ccccc6cn5)cc(-c5cc6ccccc6cn5)c4)nc(-c4ccc5ccccc5c4)n3)ccc2c1. The molecule has 3 heterocycles. The first-order valence-corrected chi connectivity index (χ1v) is 17.3. The minimum absolute atomic E-state index is 0.575. The minimum Gasteiger partial charge on any atom is -0.256 e. The van der Waals surface area contributed by atoms with Crippen molar-refractivity contribution in [3.8, 4) is 56.7 Å². The van der Waals surface area contributed by atoms with Gasteiger partial charge >= 0.3 is 0 Å². The lowest BCUT2D eigenvalue weighted by molar-refractivity contribution is 1.07. The molecule has 0 unspecified atom stereocenters. The molecule has 0 aliphatic carbocycles. The van der Waals surface area contributed by atoms with E-state index in [-0.39, 0.29) is 0 Å². The summed E-state index contributed by atoms with van der Waals surface area (Å²) in [6, 6.07) is 56.7. The van der Waals surface area contributed by atoms with Crippen molar-refractivity contribution in [2.24, 2.45) is 0 Å². The zero-order chi connectivity index (χ0) is 34.4. The van der Waals surface area contributed by atoms with E-state index in [1.165, 1.54) is 10.8 Å². The van der Waals surface area contributed by atoms with Crippen molar-refractivity contribution in [2.75, 3.05) is 0 Å². The highest BCUT2D eigenvalue weighted by molar-refractivity contribution is 5.91. The zero-order valence-electron chi connectivity index (χ0n) is 28.0. The number of hydrogen-bond donors (Lipinski definition) is 0. The van der Waals surface area contributed by atoms with Gasteiger partial charge in [0.2, 0.25) is 0 Å². The molecule has 0 atom stereocenters. The Morgan fingerprint density at radius 1 is 0.250 bits per heavy atom. The van der Waals surface area contributed by atoms with Gasteiger partial charge in [-0.15, -0.1) is 0 Å². The van der Waals surface area contributed by atoms with Crippen LogP contribution in [0.25, 0.3) is 99.8 Å². The van der Waals surface area contributed by atoms with Crippen LogP contribution in [0.3, 0.4) is 0 Å². The molecule has 0 aliphatic rings. The van der Waals surface area contributed by atoms with Gasteiger partial charge in [0.05, 0.1) is 11.4 Å². The van der Waals surface area contributed by atoms with E-state index < -0.39 is 0 Å². The molecule has 7 aromatic carbocycles. The smallest absolute Gasteiger partial charge is 0.164 e. The van der Waals surface area contributed by atoms with Crippen LogP contribution >= 0.6 is 0 Å². The van der Waals surface area contributed by atoms with Crippen LogP contribution in [0.2, 0.25) is 0 Å². The molecule has 5 heteroatoms. The Kier molecular flexibility index (Phi) is 7.07. The van der Waals surface area contributed by atoms with E-state index >= 15 is 0 Å². The molecule has 5 nitrogen and oxygen atoms in total. The maximum Gasteiger partial charge on any atom is 0.164 e. The molecule has 10 aromatic rings. The highest BCUT2D eigenvalue weighted by atomic mass is 15.0. The van der Waals surface area contributed by atoms with Gasteiger partial charge in [-0.25, -0.2) is 15.0 Å². The summed E-state index contributed by atoms with van der Waals surface area (Å²) in [5, 5.41) is 9.03. The van der Waals surface area contributed by atoms with E-state index in [4.69, 9.17) is 24.9 Å². The molecule has 0 fully saturated rings. The summed E-state index contributed by atoms with van der Waals surface area (Å²) in [5.41, 5.74) is 6.33. The van der Waals surface area contributed by atoms with Crippen LogP contribution in [0.5, 0.6) is 0 Å². The normalized spacial score (nSPS) is 11.5. The quantitative estimate of drug-likeness (QED) is 0.183. The van der Waals surface area contributed by atoms with Gasteiger partial charge in [-0.1, -0.05) is 121 Å². The number of nitrogens with zero attached hydrogens (tertiary/aromatic N) is 5. The fraction of sp³-hybridized carbons (Fsp3) is 0. The van der Waals surface area contributed by atoms with Gasteiger partial charge in [0, 0.05) is 51.0 Å². The molecule has 0 spiro atoms. The molecular weight excluding hydrogens is 635 g/mol. The molecule has 0 radical (unpaired) electrons. The van der Waals surface area contributed by atoms with Crippen LogP contribution in [-0.2, 0) is 0 Å². The second-order valence-corrected chi connectivity index (χ2v) is 13.1. The Morgan fingerprint density at radius 2 is 0.596 bits per heavy atom. The molecule has 0 saturated carbocycles. The van der Waals surface area contributed by atoms with Crippen molar-refractivity contribution in [2.45, 2.75) is 0 Å². The molecule has 0 amide bonds. The third-order valence-electron chi connectivity index (χ3n) is 9.70. The van der Waals surface area contributed by atoms with Crippen LogP contribution in [0.1, 0.15) is 0 Å². The van der Waals surface area contributed by atoms with Crippen LogP contribution in [-0.4, -0.2) is 24.9 Å². The van der Waals surface area contributed by atoms with E-state index in [1.807, 2.05) is 24.5 Å². The number of benzene rings is 7. The van der Waals surface area contributed by atoms with Gasteiger partial charge in [-0.2, -0.15) is 0 Å². The Hall–Kier alpha value is -7.11. The number of aromatic nitrogens is 5. The molecule has 0 N–H and O–H groups in total. The third-order valence-corrected chi connectivity index (χ3v) is 9.70. The van der Waals surface area contributed by atoms with Crippen LogP contribution in [0, 0.1) is 0 Å². The summed E-state index contributed by atoms with van der Waals surface area (Å²) in [7, 11) is 0. The topological polar surface area (TPSA) is 64.5 Å². The predicted molar refractivity (Wildman–Crippen MR) is 213 cm³/mol. The van der Waals surface area contributed by atoms with Gasteiger partial charge < -0.3 is 0 Å². The van der Waals surface area contributed by atoms with Gasteiger partial charge in [0.15, 0.2) is 17.5 Å². The van der Waals surface area contributed by atoms with E-state index in [1.54, 1.807) is 0 Å². The molecular formula is C47H29N5. The Labute approximate surface area is 300 Å². The van der Waals surface area contributed by atoms with Crippen molar-refractivity contribution < 1.29 is 0 Å². The Balaban J connectivity index is 1.21.